The summed E-state index contributed by atoms with van der Waals surface area (Å²) >= 11 is 0. The van der Waals surface area contributed by atoms with Gasteiger partial charge < -0.3 is 4.74 Å². The lowest BCUT2D eigenvalue weighted by Crippen LogP contribution is -2.27. The van der Waals surface area contributed by atoms with E-state index in [2.05, 4.69) is 4.98 Å². The van der Waals surface area contributed by atoms with E-state index >= 15 is 0 Å². The smallest absolute Gasteiger partial charge is 0.448 e. The molecule has 1 heterocycles. The summed E-state index contributed by atoms with van der Waals surface area (Å²) in [6, 6.07) is 5.83. The summed E-state index contributed by atoms with van der Waals surface area (Å²) in [7, 11) is -2.43. The van der Waals surface area contributed by atoms with Crippen LogP contribution in [0, 0.1) is 24.0 Å². The lowest BCUT2D eigenvalue weighted by molar-refractivity contribution is -0.384. The van der Waals surface area contributed by atoms with Crippen molar-refractivity contribution in [2.45, 2.75) is 40.5 Å². The summed E-state index contributed by atoms with van der Waals surface area (Å²) in [5.74, 6) is -0.676. The fraction of sp³-hybridized carbons (Fsp3) is 0.429. The normalized spacial score (nSPS) is 11.4. The highest BCUT2D eigenvalue weighted by molar-refractivity contribution is 7.69. The second-order valence-corrected chi connectivity index (χ2v) is 8.87. The third-order valence-electron chi connectivity index (χ3n) is 4.49. The van der Waals surface area contributed by atoms with Crippen molar-refractivity contribution in [3.05, 3.63) is 51.3 Å². The van der Waals surface area contributed by atoms with Crippen molar-refractivity contribution in [2.24, 2.45) is 0 Å². The van der Waals surface area contributed by atoms with E-state index in [1.807, 2.05) is 13.8 Å². The predicted octanol–water partition coefficient (Wildman–Crippen LogP) is 4.29. The Labute approximate surface area is 182 Å². The molecule has 2 rings (SSSR count). The molecule has 0 saturated carbocycles. The molecular weight excluding hydrogens is 423 g/mol. The highest BCUT2D eigenvalue weighted by Gasteiger charge is 2.50. The van der Waals surface area contributed by atoms with Gasteiger partial charge in [0, 0.05) is 12.1 Å². The number of nitro groups is 1. The fourth-order valence-corrected chi connectivity index (χ4v) is 5.37. The Morgan fingerprint density at radius 3 is 2.29 bits per heavy atom. The maximum absolute atomic E-state index is 12.7. The van der Waals surface area contributed by atoms with Crippen molar-refractivity contribution in [2.75, 3.05) is 20.3 Å². The van der Waals surface area contributed by atoms with Gasteiger partial charge in [-0.25, -0.2) is 4.79 Å². The minimum atomic E-state index is -3.67. The first-order chi connectivity index (χ1) is 14.7. The van der Waals surface area contributed by atoms with Crippen LogP contribution in [-0.4, -0.2) is 41.1 Å². The van der Waals surface area contributed by atoms with Gasteiger partial charge >= 0.3 is 13.9 Å². The Bertz CT molecular complexity index is 957. The lowest BCUT2D eigenvalue weighted by atomic mass is 9.97. The number of pyridine rings is 1. The van der Waals surface area contributed by atoms with Gasteiger partial charge in [0.1, 0.15) is 0 Å². The summed E-state index contributed by atoms with van der Waals surface area (Å²) in [6.45, 7) is 7.56. The van der Waals surface area contributed by atoms with Crippen LogP contribution in [0.25, 0.3) is 11.1 Å². The molecule has 0 spiro atoms. The summed E-state index contributed by atoms with van der Waals surface area (Å²) in [5.41, 5.74) is 1.35. The zero-order valence-electron chi connectivity index (χ0n) is 18.4. The van der Waals surface area contributed by atoms with Gasteiger partial charge in [-0.15, -0.1) is 0 Å². The second-order valence-electron chi connectivity index (χ2n) is 6.87. The number of carbonyl (C=O) groups is 1. The van der Waals surface area contributed by atoms with E-state index in [-0.39, 0.29) is 35.3 Å². The SMILES string of the molecule is CCCO[P+](O)(OCCC)c1c(C)nc(C)c(C(=O)OC)c1-c1cccc([N+](=O)[O-])c1. The number of hydrogen-bond acceptors (Lipinski definition) is 8. The Morgan fingerprint density at radius 2 is 1.77 bits per heavy atom. The fourth-order valence-electron chi connectivity index (χ4n) is 3.19. The average molecular weight is 451 g/mol. The molecule has 31 heavy (non-hydrogen) atoms. The molecule has 0 amide bonds. The molecule has 0 atom stereocenters. The molecule has 168 valence electrons. The van der Waals surface area contributed by atoms with Gasteiger partial charge in [-0.2, -0.15) is 13.9 Å². The number of esters is 1. The first kappa shape index (κ1) is 24.8. The molecule has 1 N–H and O–H groups in total. The quantitative estimate of drug-likeness (QED) is 0.246. The van der Waals surface area contributed by atoms with Crippen LogP contribution in [0.4, 0.5) is 5.69 Å². The van der Waals surface area contributed by atoms with Crippen molar-refractivity contribution in [1.29, 1.82) is 0 Å². The number of carbonyl (C=O) groups excluding carboxylic acids is 1. The zero-order valence-corrected chi connectivity index (χ0v) is 19.3. The molecule has 0 saturated heterocycles. The van der Waals surface area contributed by atoms with Gasteiger partial charge in [0.2, 0.25) is 5.30 Å². The first-order valence-corrected chi connectivity index (χ1v) is 11.5. The highest BCUT2D eigenvalue weighted by Crippen LogP contribution is 2.58. The van der Waals surface area contributed by atoms with E-state index in [1.165, 1.54) is 25.3 Å². The minimum absolute atomic E-state index is 0.0993. The van der Waals surface area contributed by atoms with Crippen LogP contribution in [0.1, 0.15) is 48.4 Å². The summed E-state index contributed by atoms with van der Waals surface area (Å²) in [5, 5.41) is 11.6. The second kappa shape index (κ2) is 10.7. The Balaban J connectivity index is 2.94. The molecular formula is C21H28N2O7P+. The Kier molecular flexibility index (Phi) is 8.59. The summed E-state index contributed by atoms with van der Waals surface area (Å²) in [6.07, 6.45) is 1.26. The number of hydrogen-bond donors (Lipinski definition) is 1. The summed E-state index contributed by atoms with van der Waals surface area (Å²) in [4.78, 5) is 39.6. The summed E-state index contributed by atoms with van der Waals surface area (Å²) < 4.78 is 16.6. The van der Waals surface area contributed by atoms with Gasteiger partial charge in [-0.3, -0.25) is 15.1 Å². The standard InChI is InChI=1S/C21H28N2O7P/c1-6-11-29-31(27,30-12-7-2)20-15(4)22-14(3)18(21(24)28-5)19(20)16-9-8-10-17(13-16)23(25)26/h8-10,13,27H,6-7,11-12H2,1-5H3/q+1. The van der Waals surface area contributed by atoms with E-state index in [0.29, 0.717) is 29.8 Å². The molecule has 0 aliphatic rings. The largest absolute Gasteiger partial charge is 0.465 e. The van der Waals surface area contributed by atoms with E-state index in [0.717, 1.165) is 0 Å². The molecule has 1 aromatic heterocycles. The van der Waals surface area contributed by atoms with E-state index in [1.54, 1.807) is 19.9 Å². The number of ether oxygens (including phenoxy) is 1. The average Bonchev–Trinajstić information content (AvgIpc) is 2.75. The highest BCUT2D eigenvalue weighted by atomic mass is 31.2. The van der Waals surface area contributed by atoms with Crippen molar-refractivity contribution in [3.8, 4) is 11.1 Å². The monoisotopic (exact) mass is 451 g/mol. The minimum Gasteiger partial charge on any atom is -0.465 e. The van der Waals surface area contributed by atoms with Crippen LogP contribution in [0.3, 0.4) is 0 Å². The molecule has 0 aliphatic heterocycles. The Hall–Kier alpha value is -2.45. The zero-order chi connectivity index (χ0) is 23.2. The molecule has 0 radical (unpaired) electrons. The maximum atomic E-state index is 12.7. The molecule has 10 heteroatoms. The van der Waals surface area contributed by atoms with Crippen molar-refractivity contribution in [3.63, 3.8) is 0 Å². The van der Waals surface area contributed by atoms with Crippen LogP contribution in [0.5, 0.6) is 0 Å². The number of aromatic nitrogens is 1. The number of nitrogens with zero attached hydrogens (tertiary/aromatic N) is 2. The number of non-ortho nitro benzene ring substituents is 1. The molecule has 1 aromatic carbocycles. The Morgan fingerprint density at radius 1 is 1.16 bits per heavy atom. The first-order valence-electron chi connectivity index (χ1n) is 9.95. The van der Waals surface area contributed by atoms with Gasteiger partial charge in [-0.1, -0.05) is 26.0 Å². The van der Waals surface area contributed by atoms with Gasteiger partial charge in [0.25, 0.3) is 5.69 Å². The van der Waals surface area contributed by atoms with Crippen LogP contribution in [0.15, 0.2) is 24.3 Å². The number of benzene rings is 1. The maximum Gasteiger partial charge on any atom is 0.448 e. The van der Waals surface area contributed by atoms with Crippen LogP contribution in [0.2, 0.25) is 0 Å². The lowest BCUT2D eigenvalue weighted by Gasteiger charge is -2.22. The van der Waals surface area contributed by atoms with Gasteiger partial charge in [0.15, 0.2) is 0 Å². The van der Waals surface area contributed by atoms with Crippen molar-refractivity contribution in [1.82, 2.24) is 4.98 Å². The number of methoxy groups -OCH3 is 1. The van der Waals surface area contributed by atoms with Gasteiger partial charge in [-0.05, 0) is 32.3 Å². The predicted molar refractivity (Wildman–Crippen MR) is 118 cm³/mol. The molecule has 2 aromatic rings. The number of nitro benzene ring substituents is 1. The van der Waals surface area contributed by atoms with Crippen molar-refractivity contribution < 1.29 is 28.4 Å². The number of aryl methyl sites for hydroxylation is 2. The van der Waals surface area contributed by atoms with E-state index in [9.17, 15) is 19.8 Å². The third-order valence-corrected chi connectivity index (χ3v) is 6.66. The number of rotatable bonds is 10. The molecule has 0 bridgehead atoms. The van der Waals surface area contributed by atoms with E-state index in [4.69, 9.17) is 13.8 Å². The molecule has 0 aliphatic carbocycles. The topological polar surface area (TPSA) is 121 Å². The van der Waals surface area contributed by atoms with Crippen LogP contribution >= 0.6 is 7.94 Å². The van der Waals surface area contributed by atoms with Gasteiger partial charge in [0.05, 0.1) is 47.8 Å². The van der Waals surface area contributed by atoms with E-state index < -0.39 is 18.8 Å². The molecule has 0 unspecified atom stereocenters. The van der Waals surface area contributed by atoms with Crippen LogP contribution in [-0.2, 0) is 13.8 Å². The van der Waals surface area contributed by atoms with Crippen LogP contribution < -0.4 is 5.30 Å². The van der Waals surface area contributed by atoms with Crippen molar-refractivity contribution >= 4 is 24.9 Å². The third kappa shape index (κ3) is 5.43. The molecule has 0 fully saturated rings. The molecule has 9 nitrogen and oxygen atoms in total.